The summed E-state index contributed by atoms with van der Waals surface area (Å²) in [5.41, 5.74) is 5.73. The molecule has 2 rings (SSSR count). The predicted molar refractivity (Wildman–Crippen MR) is 89.9 cm³/mol. The van der Waals surface area contributed by atoms with Crippen LogP contribution in [0.5, 0.6) is 0 Å². The Hall–Kier alpha value is -2.67. The van der Waals surface area contributed by atoms with Crippen molar-refractivity contribution in [1.29, 1.82) is 0 Å². The molecule has 2 N–H and O–H groups in total. The van der Waals surface area contributed by atoms with E-state index in [4.69, 9.17) is 0 Å². The zero-order chi connectivity index (χ0) is 17.6. The van der Waals surface area contributed by atoms with E-state index in [-0.39, 0.29) is 17.1 Å². The predicted octanol–water partition coefficient (Wildman–Crippen LogP) is 1.62. The van der Waals surface area contributed by atoms with Crippen molar-refractivity contribution in [3.8, 4) is 0 Å². The maximum absolute atomic E-state index is 12.1. The number of hydrogen-bond donors (Lipinski definition) is 2. The quantitative estimate of drug-likeness (QED) is 0.805. The van der Waals surface area contributed by atoms with E-state index >= 15 is 0 Å². The van der Waals surface area contributed by atoms with Crippen molar-refractivity contribution in [3.63, 3.8) is 0 Å². The van der Waals surface area contributed by atoms with Crippen LogP contribution in [-0.2, 0) is 14.6 Å². The van der Waals surface area contributed by atoms with Gasteiger partial charge in [0.1, 0.15) is 0 Å². The summed E-state index contributed by atoms with van der Waals surface area (Å²) in [5, 5.41) is 0. The van der Waals surface area contributed by atoms with Crippen molar-refractivity contribution in [2.45, 2.75) is 18.2 Å². The van der Waals surface area contributed by atoms with Crippen molar-refractivity contribution in [2.75, 3.05) is 5.75 Å². The standard InChI is InChI=1S/C17H18N2O4S/c1-13-7-5-6-10-15(13)17(21)19-18-16(20)11-12-24(22,23)14-8-3-2-4-9-14/h2-10H,11-12H2,1H3,(H,18,20)(H,19,21). The summed E-state index contributed by atoms with van der Waals surface area (Å²) < 4.78 is 24.1. The summed E-state index contributed by atoms with van der Waals surface area (Å²) in [5.74, 6) is -1.35. The first-order valence-corrected chi connectivity index (χ1v) is 8.98. The Kier molecular flexibility index (Phi) is 5.70. The van der Waals surface area contributed by atoms with Crippen molar-refractivity contribution < 1.29 is 18.0 Å². The summed E-state index contributed by atoms with van der Waals surface area (Å²) in [6.45, 7) is 1.78. The third kappa shape index (κ3) is 4.66. The normalized spacial score (nSPS) is 10.9. The first-order chi connectivity index (χ1) is 11.4. The zero-order valence-electron chi connectivity index (χ0n) is 13.2. The van der Waals surface area contributed by atoms with Gasteiger partial charge in [0.2, 0.25) is 5.91 Å². The minimum atomic E-state index is -3.53. The Morgan fingerprint density at radius 1 is 0.917 bits per heavy atom. The van der Waals surface area contributed by atoms with Gasteiger partial charge >= 0.3 is 0 Å². The van der Waals surface area contributed by atoms with Gasteiger partial charge < -0.3 is 0 Å². The number of carbonyl (C=O) groups excluding carboxylic acids is 2. The second kappa shape index (κ2) is 7.74. The average Bonchev–Trinajstić information content (AvgIpc) is 2.59. The van der Waals surface area contributed by atoms with Gasteiger partial charge in [0.05, 0.1) is 10.6 Å². The number of hydrazine groups is 1. The van der Waals surface area contributed by atoms with Crippen LogP contribution in [0.15, 0.2) is 59.5 Å². The second-order valence-corrected chi connectivity index (χ2v) is 7.31. The van der Waals surface area contributed by atoms with Gasteiger partial charge in [-0.3, -0.25) is 20.4 Å². The first kappa shape index (κ1) is 17.7. The molecular weight excluding hydrogens is 328 g/mol. The molecule has 2 amide bonds. The number of aryl methyl sites for hydroxylation is 1. The van der Waals surface area contributed by atoms with Crippen molar-refractivity contribution in [2.24, 2.45) is 0 Å². The summed E-state index contributed by atoms with van der Waals surface area (Å²) in [6.07, 6.45) is -0.245. The summed E-state index contributed by atoms with van der Waals surface area (Å²) in [4.78, 5) is 23.9. The minimum Gasteiger partial charge on any atom is -0.273 e. The number of rotatable bonds is 5. The molecule has 6 nitrogen and oxygen atoms in total. The molecule has 0 fully saturated rings. The van der Waals surface area contributed by atoms with E-state index in [2.05, 4.69) is 10.9 Å². The van der Waals surface area contributed by atoms with Gasteiger partial charge in [-0.2, -0.15) is 0 Å². The van der Waals surface area contributed by atoms with Gasteiger partial charge in [-0.15, -0.1) is 0 Å². The first-order valence-electron chi connectivity index (χ1n) is 7.33. The summed E-state index contributed by atoms with van der Waals surface area (Å²) >= 11 is 0. The van der Waals surface area contributed by atoms with Crippen LogP contribution in [0.25, 0.3) is 0 Å². The lowest BCUT2D eigenvalue weighted by atomic mass is 10.1. The molecule has 2 aromatic carbocycles. The molecule has 0 saturated heterocycles. The maximum atomic E-state index is 12.1. The van der Waals surface area contributed by atoms with Crippen LogP contribution in [-0.4, -0.2) is 26.0 Å². The molecule has 126 valence electrons. The number of hydrogen-bond acceptors (Lipinski definition) is 4. The molecule has 0 aliphatic rings. The lowest BCUT2D eigenvalue weighted by Gasteiger charge is -2.09. The van der Waals surface area contributed by atoms with Gasteiger partial charge in [0, 0.05) is 12.0 Å². The highest BCUT2D eigenvalue weighted by molar-refractivity contribution is 7.91. The van der Waals surface area contributed by atoms with E-state index < -0.39 is 21.7 Å². The fourth-order valence-electron chi connectivity index (χ4n) is 2.06. The van der Waals surface area contributed by atoms with Crippen LogP contribution in [0.3, 0.4) is 0 Å². The van der Waals surface area contributed by atoms with Crippen molar-refractivity contribution >= 4 is 21.7 Å². The zero-order valence-corrected chi connectivity index (χ0v) is 14.0. The number of amides is 2. The number of sulfone groups is 1. The Morgan fingerprint density at radius 2 is 1.54 bits per heavy atom. The van der Waals surface area contributed by atoms with E-state index in [1.54, 1.807) is 49.4 Å². The van der Waals surface area contributed by atoms with Crippen LogP contribution in [0.2, 0.25) is 0 Å². The van der Waals surface area contributed by atoms with Crippen molar-refractivity contribution in [1.82, 2.24) is 10.9 Å². The van der Waals surface area contributed by atoms with E-state index in [0.717, 1.165) is 5.56 Å². The molecule has 0 aliphatic heterocycles. The molecule has 0 saturated carbocycles. The van der Waals surface area contributed by atoms with E-state index in [1.807, 2.05) is 0 Å². The fourth-order valence-corrected chi connectivity index (χ4v) is 3.32. The molecule has 0 unspecified atom stereocenters. The van der Waals surface area contributed by atoms with Gasteiger partial charge in [-0.1, -0.05) is 36.4 Å². The van der Waals surface area contributed by atoms with Crippen LogP contribution >= 0.6 is 0 Å². The molecule has 0 aliphatic carbocycles. The maximum Gasteiger partial charge on any atom is 0.269 e. The van der Waals surface area contributed by atoms with Gasteiger partial charge in [-0.25, -0.2) is 8.42 Å². The smallest absolute Gasteiger partial charge is 0.269 e. The largest absolute Gasteiger partial charge is 0.273 e. The molecule has 0 atom stereocenters. The van der Waals surface area contributed by atoms with Crippen LogP contribution in [0, 0.1) is 6.92 Å². The second-order valence-electron chi connectivity index (χ2n) is 5.20. The SMILES string of the molecule is Cc1ccccc1C(=O)NNC(=O)CCS(=O)(=O)c1ccccc1. The van der Waals surface area contributed by atoms with Crippen LogP contribution in [0.1, 0.15) is 22.3 Å². The lowest BCUT2D eigenvalue weighted by Crippen LogP contribution is -2.42. The minimum absolute atomic E-state index is 0.168. The molecule has 0 bridgehead atoms. The van der Waals surface area contributed by atoms with Crippen LogP contribution < -0.4 is 10.9 Å². The summed E-state index contributed by atoms with van der Waals surface area (Å²) in [6, 6.07) is 14.9. The van der Waals surface area contributed by atoms with Gasteiger partial charge in [0.15, 0.2) is 9.84 Å². The highest BCUT2D eigenvalue weighted by Crippen LogP contribution is 2.11. The highest BCUT2D eigenvalue weighted by Gasteiger charge is 2.16. The number of carbonyl (C=O) groups is 2. The third-order valence-electron chi connectivity index (χ3n) is 3.41. The van der Waals surface area contributed by atoms with E-state index in [1.165, 1.54) is 12.1 Å². The Bertz CT molecular complexity index is 833. The van der Waals surface area contributed by atoms with Gasteiger partial charge in [-0.05, 0) is 30.7 Å². The molecule has 2 aromatic rings. The average molecular weight is 346 g/mol. The Labute approximate surface area is 140 Å². The third-order valence-corrected chi connectivity index (χ3v) is 5.14. The molecular formula is C17H18N2O4S. The Balaban J connectivity index is 1.86. The van der Waals surface area contributed by atoms with Crippen molar-refractivity contribution in [3.05, 3.63) is 65.7 Å². The molecule has 0 aromatic heterocycles. The summed E-state index contributed by atoms with van der Waals surface area (Å²) in [7, 11) is -3.53. The Morgan fingerprint density at radius 3 is 2.21 bits per heavy atom. The van der Waals surface area contributed by atoms with E-state index in [0.29, 0.717) is 5.56 Å². The number of benzene rings is 2. The van der Waals surface area contributed by atoms with Gasteiger partial charge in [0.25, 0.3) is 5.91 Å². The lowest BCUT2D eigenvalue weighted by molar-refractivity contribution is -0.121. The molecule has 0 spiro atoms. The fraction of sp³-hybridized carbons (Fsp3) is 0.176. The number of nitrogens with one attached hydrogen (secondary N) is 2. The van der Waals surface area contributed by atoms with Crippen LogP contribution in [0.4, 0.5) is 0 Å². The topological polar surface area (TPSA) is 92.3 Å². The molecule has 24 heavy (non-hydrogen) atoms. The molecule has 0 heterocycles. The molecule has 0 radical (unpaired) electrons. The monoisotopic (exact) mass is 346 g/mol. The van der Waals surface area contributed by atoms with E-state index in [9.17, 15) is 18.0 Å². The molecule has 7 heteroatoms. The highest BCUT2D eigenvalue weighted by atomic mass is 32.2.